The van der Waals surface area contributed by atoms with Crippen LogP contribution in [0.5, 0.6) is 5.75 Å². The molecule has 36 heavy (non-hydrogen) atoms. The summed E-state index contributed by atoms with van der Waals surface area (Å²) in [6, 6.07) is 17.3. The minimum absolute atomic E-state index is 0.214. The molecular formula is C25H25N3O5S3. The number of hydrogen-bond donors (Lipinski definition) is 1. The fourth-order valence-corrected chi connectivity index (χ4v) is 5.25. The van der Waals surface area contributed by atoms with Crippen molar-refractivity contribution in [3.8, 4) is 22.7 Å². The average Bonchev–Trinajstić information content (AvgIpc) is 3.39. The summed E-state index contributed by atoms with van der Waals surface area (Å²) in [5.41, 5.74) is 3.03. The van der Waals surface area contributed by atoms with Gasteiger partial charge in [-0.15, -0.1) is 0 Å². The molecular weight excluding hydrogens is 518 g/mol. The third-order valence-electron chi connectivity index (χ3n) is 5.37. The highest BCUT2D eigenvalue weighted by Gasteiger charge is 2.33. The van der Waals surface area contributed by atoms with Crippen molar-refractivity contribution in [2.24, 2.45) is 0 Å². The number of thioether (sulfide) groups is 1. The maximum atomic E-state index is 13.0. The van der Waals surface area contributed by atoms with Gasteiger partial charge in [-0.2, -0.15) is 13.5 Å². The molecule has 1 aliphatic heterocycles. The highest BCUT2D eigenvalue weighted by Crippen LogP contribution is 2.35. The third-order valence-corrected chi connectivity index (χ3v) is 7.45. The SMILES string of the molecule is CCCCOc1cccc(-c2nn(-c3ccccc3)cc2/C=C2\SC(=S)N(CCS(=O)(=O)O)C2=O)c1. The monoisotopic (exact) mass is 543 g/mol. The van der Waals surface area contributed by atoms with Crippen molar-refractivity contribution >= 4 is 50.4 Å². The van der Waals surface area contributed by atoms with Crippen molar-refractivity contribution < 1.29 is 22.5 Å². The van der Waals surface area contributed by atoms with E-state index in [0.29, 0.717) is 22.8 Å². The Morgan fingerprint density at radius 2 is 1.94 bits per heavy atom. The quantitative estimate of drug-likeness (QED) is 0.168. The summed E-state index contributed by atoms with van der Waals surface area (Å²) in [5, 5.41) is 4.80. The Labute approximate surface area is 219 Å². The first-order chi connectivity index (χ1) is 17.2. The third kappa shape index (κ3) is 6.41. The number of ether oxygens (including phenoxy) is 1. The van der Waals surface area contributed by atoms with Gasteiger partial charge in [-0.1, -0.05) is 67.7 Å². The van der Waals surface area contributed by atoms with E-state index in [-0.39, 0.29) is 10.9 Å². The molecule has 2 aromatic carbocycles. The Morgan fingerprint density at radius 1 is 1.17 bits per heavy atom. The van der Waals surface area contributed by atoms with E-state index in [1.54, 1.807) is 10.8 Å². The second-order valence-electron chi connectivity index (χ2n) is 8.06. The molecule has 0 atom stereocenters. The Bertz CT molecular complexity index is 1400. The molecule has 11 heteroatoms. The van der Waals surface area contributed by atoms with Crippen LogP contribution in [0.1, 0.15) is 25.3 Å². The van der Waals surface area contributed by atoms with Crippen molar-refractivity contribution in [1.82, 2.24) is 14.7 Å². The molecule has 4 rings (SSSR count). The van der Waals surface area contributed by atoms with Crippen molar-refractivity contribution in [2.75, 3.05) is 18.9 Å². The minimum atomic E-state index is -4.23. The molecule has 0 unspecified atom stereocenters. The van der Waals surface area contributed by atoms with Gasteiger partial charge in [-0.25, -0.2) is 4.68 Å². The van der Waals surface area contributed by atoms with Gasteiger partial charge in [0.2, 0.25) is 0 Å². The van der Waals surface area contributed by atoms with Crippen LogP contribution in [0.2, 0.25) is 0 Å². The second kappa shape index (κ2) is 11.4. The van der Waals surface area contributed by atoms with Crippen LogP contribution < -0.4 is 4.74 Å². The number of benzene rings is 2. The van der Waals surface area contributed by atoms with Gasteiger partial charge < -0.3 is 4.74 Å². The lowest BCUT2D eigenvalue weighted by Crippen LogP contribution is -2.32. The number of unbranched alkanes of at least 4 members (excludes halogenated alkanes) is 1. The first kappa shape index (κ1) is 26.1. The second-order valence-corrected chi connectivity index (χ2v) is 11.3. The van der Waals surface area contributed by atoms with Gasteiger partial charge in [0.15, 0.2) is 0 Å². The number of nitrogens with zero attached hydrogens (tertiary/aromatic N) is 3. The van der Waals surface area contributed by atoms with Crippen LogP contribution in [0.25, 0.3) is 23.0 Å². The van der Waals surface area contributed by atoms with Crippen LogP contribution in [-0.2, 0) is 14.9 Å². The van der Waals surface area contributed by atoms with Crippen LogP contribution in [0.4, 0.5) is 0 Å². The summed E-state index contributed by atoms with van der Waals surface area (Å²) in [6.07, 6.45) is 5.53. The van der Waals surface area contributed by atoms with Crippen molar-refractivity contribution in [3.63, 3.8) is 0 Å². The van der Waals surface area contributed by atoms with Crippen LogP contribution >= 0.6 is 24.0 Å². The summed E-state index contributed by atoms with van der Waals surface area (Å²) in [7, 11) is -4.23. The molecule has 0 aliphatic carbocycles. The molecule has 1 fully saturated rings. The van der Waals surface area contributed by atoms with Gasteiger partial charge >= 0.3 is 0 Å². The predicted octanol–water partition coefficient (Wildman–Crippen LogP) is 4.81. The van der Waals surface area contributed by atoms with E-state index in [4.69, 9.17) is 26.6 Å². The van der Waals surface area contributed by atoms with Crippen LogP contribution in [-0.4, -0.2) is 56.8 Å². The largest absolute Gasteiger partial charge is 0.494 e. The number of carbonyl (C=O) groups excluding carboxylic acids is 1. The number of para-hydroxylation sites is 1. The predicted molar refractivity (Wildman–Crippen MR) is 146 cm³/mol. The molecule has 1 aromatic heterocycles. The van der Waals surface area contributed by atoms with Gasteiger partial charge in [0.05, 0.1) is 23.0 Å². The Morgan fingerprint density at radius 3 is 2.67 bits per heavy atom. The van der Waals surface area contributed by atoms with Gasteiger partial charge in [0, 0.05) is 23.9 Å². The molecule has 1 aliphatic rings. The molecule has 188 valence electrons. The number of hydrogen-bond acceptors (Lipinski definition) is 7. The van der Waals surface area contributed by atoms with Crippen LogP contribution in [0.3, 0.4) is 0 Å². The summed E-state index contributed by atoms with van der Waals surface area (Å²) in [5.74, 6) is -0.268. The molecule has 8 nitrogen and oxygen atoms in total. The lowest BCUT2D eigenvalue weighted by atomic mass is 10.1. The zero-order valence-corrected chi connectivity index (χ0v) is 22.0. The topological polar surface area (TPSA) is 102 Å². The van der Waals surface area contributed by atoms with Gasteiger partial charge in [0.25, 0.3) is 16.0 Å². The zero-order chi connectivity index (χ0) is 25.7. The highest BCUT2D eigenvalue weighted by atomic mass is 32.2. The lowest BCUT2D eigenvalue weighted by molar-refractivity contribution is -0.121. The standard InChI is InChI=1S/C25H25N3O5S3/c1-2-3-13-33-21-11-7-8-18(15-21)23-19(17-28(26-23)20-9-5-4-6-10-20)16-22-24(29)27(25(34)35-22)12-14-36(30,31)32/h4-11,15-17H,2-3,12-14H2,1H3,(H,30,31,32)/b22-16-. The molecule has 0 spiro atoms. The van der Waals surface area contributed by atoms with Gasteiger partial charge in [-0.3, -0.25) is 14.2 Å². The maximum Gasteiger partial charge on any atom is 0.266 e. The fourth-order valence-electron chi connectivity index (χ4n) is 3.54. The minimum Gasteiger partial charge on any atom is -0.494 e. The molecule has 0 bridgehead atoms. The fraction of sp³-hybridized carbons (Fsp3) is 0.240. The van der Waals surface area contributed by atoms with E-state index in [1.807, 2.05) is 60.8 Å². The van der Waals surface area contributed by atoms with Crippen LogP contribution in [0.15, 0.2) is 65.7 Å². The molecule has 1 saturated heterocycles. The van der Waals surface area contributed by atoms with E-state index in [9.17, 15) is 13.2 Å². The van der Waals surface area contributed by atoms with Crippen LogP contribution in [0, 0.1) is 0 Å². The average molecular weight is 544 g/mol. The number of carbonyl (C=O) groups is 1. The lowest BCUT2D eigenvalue weighted by Gasteiger charge is -2.12. The molecule has 1 amide bonds. The number of aromatic nitrogens is 2. The van der Waals surface area contributed by atoms with E-state index in [0.717, 1.165) is 41.6 Å². The molecule has 0 radical (unpaired) electrons. The van der Waals surface area contributed by atoms with Crippen molar-refractivity contribution in [1.29, 1.82) is 0 Å². The van der Waals surface area contributed by atoms with Crippen molar-refractivity contribution in [2.45, 2.75) is 19.8 Å². The molecule has 1 N–H and O–H groups in total. The van der Waals surface area contributed by atoms with Gasteiger partial charge in [0.1, 0.15) is 15.8 Å². The summed E-state index contributed by atoms with van der Waals surface area (Å²) in [6.45, 7) is 2.51. The zero-order valence-electron chi connectivity index (χ0n) is 19.5. The molecule has 0 saturated carbocycles. The van der Waals surface area contributed by atoms with E-state index in [2.05, 4.69) is 6.92 Å². The Balaban J connectivity index is 1.71. The Hall–Kier alpha value is -2.99. The Kier molecular flexibility index (Phi) is 8.24. The van der Waals surface area contributed by atoms with E-state index < -0.39 is 21.8 Å². The summed E-state index contributed by atoms with van der Waals surface area (Å²) < 4.78 is 39.2. The first-order valence-electron chi connectivity index (χ1n) is 11.3. The van der Waals surface area contributed by atoms with Crippen molar-refractivity contribution in [3.05, 3.63) is 71.3 Å². The summed E-state index contributed by atoms with van der Waals surface area (Å²) in [4.78, 5) is 14.5. The smallest absolute Gasteiger partial charge is 0.266 e. The number of rotatable bonds is 10. The van der Waals surface area contributed by atoms with E-state index in [1.165, 1.54) is 4.90 Å². The van der Waals surface area contributed by atoms with Gasteiger partial charge in [-0.05, 0) is 36.8 Å². The maximum absolute atomic E-state index is 13.0. The first-order valence-corrected chi connectivity index (χ1v) is 14.2. The normalized spacial score (nSPS) is 15.2. The summed E-state index contributed by atoms with van der Waals surface area (Å²) >= 11 is 6.37. The highest BCUT2D eigenvalue weighted by molar-refractivity contribution is 8.26. The number of amides is 1. The number of thiocarbonyl (C=S) groups is 1. The molecule has 2 heterocycles. The van der Waals surface area contributed by atoms with E-state index >= 15 is 0 Å². The molecule has 3 aromatic rings.